The number of nitrogens with zero attached hydrogens (tertiary/aromatic N) is 5. The van der Waals surface area contributed by atoms with Crippen molar-refractivity contribution < 1.29 is 22.8 Å². The van der Waals surface area contributed by atoms with Gasteiger partial charge in [-0.1, -0.05) is 126 Å². The molecule has 0 aliphatic heterocycles. The van der Waals surface area contributed by atoms with Crippen molar-refractivity contribution in [1.29, 1.82) is 0 Å². The molecule has 384 valence electrons. The predicted octanol–water partition coefficient (Wildman–Crippen LogP) is 13.5. The van der Waals surface area contributed by atoms with Crippen LogP contribution in [0.3, 0.4) is 0 Å². The van der Waals surface area contributed by atoms with Crippen molar-refractivity contribution in [3.05, 3.63) is 160 Å². The minimum atomic E-state index is -2.98. The summed E-state index contributed by atoms with van der Waals surface area (Å²) in [6.07, 6.45) is 2.86. The van der Waals surface area contributed by atoms with Crippen LogP contribution in [-0.2, 0) is 61.1 Å². The van der Waals surface area contributed by atoms with E-state index in [0.717, 1.165) is 85.3 Å². The number of aromatic nitrogens is 5. The second kappa shape index (κ2) is 21.4. The number of aryl methyl sites for hydroxylation is 7. The van der Waals surface area contributed by atoms with Crippen molar-refractivity contribution in [3.8, 4) is 17.0 Å². The van der Waals surface area contributed by atoms with Crippen molar-refractivity contribution in [2.24, 2.45) is 21.1 Å². The number of fused-ring (bicyclic) bond motifs is 2. The van der Waals surface area contributed by atoms with E-state index in [1.165, 1.54) is 23.5 Å². The number of thioether (sulfide) groups is 1. The second-order valence-electron chi connectivity index (χ2n) is 21.9. The first-order valence-corrected chi connectivity index (χ1v) is 31.6. The number of rotatable bonds is 18. The van der Waals surface area contributed by atoms with Crippen molar-refractivity contribution in [2.45, 2.75) is 109 Å². The first-order valence-electron chi connectivity index (χ1n) is 25.2. The third kappa shape index (κ3) is 10.8. The zero-order valence-corrected chi connectivity index (χ0v) is 48.4. The van der Waals surface area contributed by atoms with Crippen molar-refractivity contribution in [1.82, 2.24) is 24.1 Å². The van der Waals surface area contributed by atoms with Gasteiger partial charge in [-0.2, -0.15) is 22.0 Å². The van der Waals surface area contributed by atoms with Gasteiger partial charge in [0.05, 0.1) is 34.7 Å². The Morgan fingerprint density at radius 2 is 1.41 bits per heavy atom. The maximum Gasteiger partial charge on any atom is 0.354 e. The first-order chi connectivity index (χ1) is 34.6. The molecule has 0 unspecified atom stereocenters. The van der Waals surface area contributed by atoms with Crippen LogP contribution >= 0.6 is 23.4 Å². The highest BCUT2D eigenvalue weighted by atomic mass is 35.5. The number of methoxy groups -OCH3 is 1. The summed E-state index contributed by atoms with van der Waals surface area (Å²) in [6.45, 7) is 20.7. The lowest BCUT2D eigenvalue weighted by Crippen LogP contribution is -2.68. The molecule has 8 rings (SSSR count). The van der Waals surface area contributed by atoms with Crippen LogP contribution in [-0.4, -0.2) is 60.4 Å². The third-order valence-electron chi connectivity index (χ3n) is 15.0. The van der Waals surface area contributed by atoms with Crippen LogP contribution in [0.5, 0.6) is 5.75 Å². The maximum absolute atomic E-state index is 15.0. The second-order valence-corrected chi connectivity index (χ2v) is 32.3. The van der Waals surface area contributed by atoms with E-state index in [1.807, 2.05) is 72.3 Å². The van der Waals surface area contributed by atoms with Crippen LogP contribution in [0.1, 0.15) is 92.2 Å². The van der Waals surface area contributed by atoms with Gasteiger partial charge in [-0.15, -0.1) is 0 Å². The van der Waals surface area contributed by atoms with Crippen LogP contribution in [0, 0.1) is 12.7 Å². The van der Waals surface area contributed by atoms with E-state index in [2.05, 4.69) is 121 Å². The van der Waals surface area contributed by atoms with Crippen LogP contribution < -0.4 is 14.8 Å². The quantitative estimate of drug-likeness (QED) is 0.0481. The smallest absolute Gasteiger partial charge is 0.354 e. The topological polar surface area (TPSA) is 85.3 Å². The molecule has 0 N–H and O–H groups in total. The highest BCUT2D eigenvalue weighted by Gasteiger charge is 2.52. The van der Waals surface area contributed by atoms with Crippen LogP contribution in [0.4, 0.5) is 4.39 Å². The molecule has 0 aliphatic rings. The van der Waals surface area contributed by atoms with Crippen molar-refractivity contribution >= 4 is 78.0 Å². The number of carbonyl (C=O) groups excluding carboxylic acids is 1. The van der Waals surface area contributed by atoms with E-state index in [9.17, 15) is 9.18 Å². The summed E-state index contributed by atoms with van der Waals surface area (Å²) in [5, 5.41) is 15.4. The Bertz CT molecular complexity index is 3240. The van der Waals surface area contributed by atoms with Gasteiger partial charge in [-0.3, -0.25) is 9.36 Å². The first kappa shape index (κ1) is 53.8. The molecule has 0 amide bonds. The number of esters is 1. The van der Waals surface area contributed by atoms with Gasteiger partial charge in [0.1, 0.15) is 17.3 Å². The molecule has 8 aromatic rings. The monoisotopic (exact) mass is 1060 g/mol. The Labute approximate surface area is 442 Å². The lowest BCUT2D eigenvalue weighted by atomic mass is 10.0. The molecule has 3 heterocycles. The summed E-state index contributed by atoms with van der Waals surface area (Å²) in [5.41, 5.74) is 9.22. The molecule has 5 aromatic carbocycles. The molecule has 73 heavy (non-hydrogen) atoms. The maximum atomic E-state index is 15.0. The molecule has 0 bridgehead atoms. The van der Waals surface area contributed by atoms with Gasteiger partial charge in [0.25, 0.3) is 0 Å². The van der Waals surface area contributed by atoms with Gasteiger partial charge in [0, 0.05) is 66.8 Å². The number of ether oxygens (including phenoxy) is 1. The molecular weight excluding hydrogens is 985 g/mol. The number of hydrogen-bond donors (Lipinski definition) is 0. The highest BCUT2D eigenvalue weighted by Crippen LogP contribution is 2.44. The predicted molar refractivity (Wildman–Crippen MR) is 305 cm³/mol. The van der Waals surface area contributed by atoms with E-state index < -0.39 is 16.6 Å². The summed E-state index contributed by atoms with van der Waals surface area (Å²) in [7, 11) is 2.39. The molecule has 0 saturated heterocycles. The number of hydrogen-bond acceptors (Lipinski definition) is 7. The number of halogens is 2. The average molecular weight is 1060 g/mol. The molecule has 3 aromatic heterocycles. The number of benzene rings is 5. The fourth-order valence-electron chi connectivity index (χ4n) is 10.2. The normalized spacial score (nSPS) is 12.6. The molecule has 0 aliphatic carbocycles. The van der Waals surface area contributed by atoms with E-state index in [-0.39, 0.29) is 21.9 Å². The molecule has 0 fully saturated rings. The number of carbonyl (C=O) groups is 1. The van der Waals surface area contributed by atoms with Gasteiger partial charge < -0.3 is 18.2 Å². The standard InChI is InChI=1S/C59H71ClFN5O4SSi2/c1-39-50(55(66(10)62-39)53-51(60)31-30-49-48(56(57(67)68-11)64(8)54(49)53)25-20-32-69-72(12,13)58(2,3)4)38-71-37-43-36-44(65(9)63-43)28-26-40-33-41-35-42(61)27-29-47(41)52(34-40)70-73(59(5,6)7,45-21-16-14-17-22-45)46-23-18-15-19-24-46/h14-19,21-24,27,29-31,33-36H,20,25-26,28,32,37-38H2,1-13H3. The fraction of sp³-hybridized carbons (Fsp3) is 0.373. The Kier molecular flexibility index (Phi) is 15.8. The van der Waals surface area contributed by atoms with Gasteiger partial charge >= 0.3 is 14.3 Å². The Morgan fingerprint density at radius 3 is 2.04 bits per heavy atom. The summed E-state index contributed by atoms with van der Waals surface area (Å²) >= 11 is 8.97. The Balaban J connectivity index is 1.03. The zero-order valence-electron chi connectivity index (χ0n) is 44.9. The summed E-state index contributed by atoms with van der Waals surface area (Å²) in [4.78, 5) is 13.5. The SMILES string of the molecule is COC(=O)c1c(CCCO[Si](C)(C)C(C)(C)C)c2ccc(Cl)c(-c3c(CSCc4cc(CCc5cc(O[Si](c6ccccc6)(c6ccccc6)C(C)(C)C)c6ccc(F)cc6c5)n(C)n4)c(C)nn3C)c2n1C. The Hall–Kier alpha value is -5.45. The van der Waals surface area contributed by atoms with Crippen molar-refractivity contribution in [2.75, 3.05) is 13.7 Å². The van der Waals surface area contributed by atoms with E-state index in [4.69, 9.17) is 35.4 Å². The third-order valence-corrected chi connectivity index (χ3v) is 25.8. The average Bonchev–Trinajstić information content (AvgIpc) is 3.95. The van der Waals surface area contributed by atoms with E-state index >= 15 is 0 Å². The largest absolute Gasteiger partial charge is 0.534 e. The van der Waals surface area contributed by atoms with Crippen molar-refractivity contribution in [3.63, 3.8) is 0 Å². The lowest BCUT2D eigenvalue weighted by molar-refractivity contribution is 0.0589. The minimum Gasteiger partial charge on any atom is -0.534 e. The van der Waals surface area contributed by atoms with Gasteiger partial charge in [-0.05, 0) is 119 Å². The van der Waals surface area contributed by atoms with Crippen LogP contribution in [0.15, 0.2) is 109 Å². The summed E-state index contributed by atoms with van der Waals surface area (Å²) < 4.78 is 40.3. The molecule has 0 saturated carbocycles. The molecule has 0 radical (unpaired) electrons. The van der Waals surface area contributed by atoms with Gasteiger partial charge in [0.15, 0.2) is 8.32 Å². The van der Waals surface area contributed by atoms with Crippen LogP contribution in [0.25, 0.3) is 32.9 Å². The zero-order chi connectivity index (χ0) is 52.6. The molecular formula is C59H71ClFN5O4SSi2. The molecule has 14 heteroatoms. The van der Waals surface area contributed by atoms with E-state index in [0.29, 0.717) is 41.7 Å². The molecule has 9 nitrogen and oxygen atoms in total. The molecule has 0 spiro atoms. The fourth-order valence-corrected chi connectivity index (χ4v) is 17.0. The van der Waals surface area contributed by atoms with Gasteiger partial charge in [-0.25, -0.2) is 9.18 Å². The van der Waals surface area contributed by atoms with E-state index in [1.54, 1.807) is 17.8 Å². The lowest BCUT2D eigenvalue weighted by Gasteiger charge is -2.43. The Morgan fingerprint density at radius 1 is 0.753 bits per heavy atom. The molecule has 0 atom stereocenters. The summed E-state index contributed by atoms with van der Waals surface area (Å²) in [6, 6.07) is 36.7. The van der Waals surface area contributed by atoms with Crippen LogP contribution in [0.2, 0.25) is 28.2 Å². The van der Waals surface area contributed by atoms with Gasteiger partial charge in [0.2, 0.25) is 0 Å². The summed E-state index contributed by atoms with van der Waals surface area (Å²) in [5.74, 6) is 1.46. The minimum absolute atomic E-state index is 0.105. The highest BCUT2D eigenvalue weighted by molar-refractivity contribution is 7.97.